The lowest BCUT2D eigenvalue weighted by Gasteiger charge is -2.33. The van der Waals surface area contributed by atoms with Gasteiger partial charge in [0, 0.05) is 13.1 Å². The molecule has 0 saturated carbocycles. The third kappa shape index (κ3) is 3.99. The normalized spacial score (nSPS) is 23.5. The van der Waals surface area contributed by atoms with Gasteiger partial charge in [0.05, 0.1) is 6.04 Å². The number of nitrogens with zero attached hydrogens (tertiary/aromatic N) is 1. The quantitative estimate of drug-likeness (QED) is 0.790. The summed E-state index contributed by atoms with van der Waals surface area (Å²) in [7, 11) is 0. The summed E-state index contributed by atoms with van der Waals surface area (Å²) in [4.78, 5) is 13.8. The minimum absolute atomic E-state index is 0. The van der Waals surface area contributed by atoms with Crippen LogP contribution in [-0.4, -0.2) is 29.9 Å². The lowest BCUT2D eigenvalue weighted by molar-refractivity contribution is -0.135. The third-order valence-corrected chi connectivity index (χ3v) is 2.97. The number of carbonyl (C=O) groups is 1. The van der Waals surface area contributed by atoms with Gasteiger partial charge in [-0.3, -0.25) is 4.79 Å². The molecule has 4 heteroatoms. The Labute approximate surface area is 98.8 Å². The Morgan fingerprint density at radius 3 is 2.53 bits per heavy atom. The van der Waals surface area contributed by atoms with Crippen molar-refractivity contribution in [1.29, 1.82) is 0 Å². The maximum absolute atomic E-state index is 11.9. The molecule has 90 valence electrons. The number of hydrogen-bond donors (Lipinski definition) is 1. The van der Waals surface area contributed by atoms with Gasteiger partial charge in [0.2, 0.25) is 5.91 Å². The highest BCUT2D eigenvalue weighted by Crippen LogP contribution is 2.17. The first-order chi connectivity index (χ1) is 6.52. The van der Waals surface area contributed by atoms with Crippen molar-refractivity contribution in [3.8, 4) is 0 Å². The molecule has 1 amide bonds. The van der Waals surface area contributed by atoms with Crippen LogP contribution in [0.25, 0.3) is 0 Å². The largest absolute Gasteiger partial charge is 0.341 e. The molecule has 0 radical (unpaired) electrons. The highest BCUT2D eigenvalue weighted by atomic mass is 35.5. The molecule has 0 aromatic heterocycles. The Morgan fingerprint density at radius 1 is 1.47 bits per heavy atom. The van der Waals surface area contributed by atoms with Crippen molar-refractivity contribution in [3.63, 3.8) is 0 Å². The van der Waals surface area contributed by atoms with Gasteiger partial charge in [0.15, 0.2) is 0 Å². The molecule has 2 unspecified atom stereocenters. The second-order valence-electron chi connectivity index (χ2n) is 4.80. The first kappa shape index (κ1) is 14.7. The van der Waals surface area contributed by atoms with Gasteiger partial charge in [-0.2, -0.15) is 0 Å². The van der Waals surface area contributed by atoms with Crippen molar-refractivity contribution in [2.75, 3.05) is 13.1 Å². The first-order valence-electron chi connectivity index (χ1n) is 5.56. The fraction of sp³-hybridized carbons (Fsp3) is 0.909. The van der Waals surface area contributed by atoms with Crippen LogP contribution < -0.4 is 5.73 Å². The molecule has 0 aromatic carbocycles. The zero-order valence-corrected chi connectivity index (χ0v) is 10.7. The van der Waals surface area contributed by atoms with E-state index in [0.717, 1.165) is 19.5 Å². The maximum Gasteiger partial charge on any atom is 0.239 e. The second-order valence-corrected chi connectivity index (χ2v) is 4.80. The molecule has 3 nitrogen and oxygen atoms in total. The van der Waals surface area contributed by atoms with E-state index in [0.29, 0.717) is 5.92 Å². The molecule has 1 heterocycles. The Hall–Kier alpha value is -0.280. The highest BCUT2D eigenvalue weighted by molar-refractivity contribution is 5.85. The highest BCUT2D eigenvalue weighted by Gasteiger charge is 2.26. The summed E-state index contributed by atoms with van der Waals surface area (Å²) in [6.45, 7) is 7.97. The van der Waals surface area contributed by atoms with Gasteiger partial charge in [-0.1, -0.05) is 20.8 Å². The molecule has 1 fully saturated rings. The molecule has 1 aliphatic rings. The van der Waals surface area contributed by atoms with Gasteiger partial charge in [0.1, 0.15) is 0 Å². The minimum Gasteiger partial charge on any atom is -0.341 e. The van der Waals surface area contributed by atoms with Crippen LogP contribution in [0.3, 0.4) is 0 Å². The van der Waals surface area contributed by atoms with Crippen molar-refractivity contribution < 1.29 is 4.79 Å². The van der Waals surface area contributed by atoms with Crippen LogP contribution in [0.1, 0.15) is 33.6 Å². The molecule has 0 aliphatic carbocycles. The first-order valence-corrected chi connectivity index (χ1v) is 5.56. The van der Waals surface area contributed by atoms with Crippen molar-refractivity contribution in [1.82, 2.24) is 4.90 Å². The maximum atomic E-state index is 11.9. The molecule has 0 bridgehead atoms. The smallest absolute Gasteiger partial charge is 0.239 e. The number of amides is 1. The molecule has 0 spiro atoms. The van der Waals surface area contributed by atoms with Gasteiger partial charge in [-0.15, -0.1) is 12.4 Å². The van der Waals surface area contributed by atoms with E-state index in [-0.39, 0.29) is 30.3 Å². The number of nitrogens with two attached hydrogens (primary N) is 1. The van der Waals surface area contributed by atoms with Crippen molar-refractivity contribution in [2.45, 2.75) is 39.7 Å². The minimum atomic E-state index is -0.319. The number of hydrogen-bond acceptors (Lipinski definition) is 2. The van der Waals surface area contributed by atoms with E-state index < -0.39 is 0 Å². The van der Waals surface area contributed by atoms with E-state index in [4.69, 9.17) is 5.73 Å². The molecule has 15 heavy (non-hydrogen) atoms. The predicted octanol–water partition coefficient (Wildman–Crippen LogP) is 1.65. The molecule has 0 aromatic rings. The number of rotatable bonds is 2. The standard InChI is InChI=1S/C11H22N2O.ClH/c1-8(2)10(12)11(14)13-6-4-5-9(3)7-13;/h8-10H,4-7,12H2,1-3H3;1H. The van der Waals surface area contributed by atoms with Crippen LogP contribution in [0.15, 0.2) is 0 Å². The Bertz CT molecular complexity index is 209. The van der Waals surface area contributed by atoms with Crippen LogP contribution in [0.5, 0.6) is 0 Å². The van der Waals surface area contributed by atoms with Crippen LogP contribution in [0, 0.1) is 11.8 Å². The van der Waals surface area contributed by atoms with Crippen molar-refractivity contribution in [3.05, 3.63) is 0 Å². The van der Waals surface area contributed by atoms with E-state index in [9.17, 15) is 4.79 Å². The van der Waals surface area contributed by atoms with Crippen molar-refractivity contribution in [2.24, 2.45) is 17.6 Å². The van der Waals surface area contributed by atoms with E-state index in [2.05, 4.69) is 6.92 Å². The Kier molecular flexibility index (Phi) is 6.22. The molecule has 1 aliphatic heterocycles. The van der Waals surface area contributed by atoms with Crippen LogP contribution in [-0.2, 0) is 4.79 Å². The molecular weight excluding hydrogens is 212 g/mol. The lowest BCUT2D eigenvalue weighted by Crippen LogP contribution is -2.49. The number of likely N-dealkylation sites (tertiary alicyclic amines) is 1. The number of halogens is 1. The molecular formula is C11H23ClN2O. The zero-order valence-electron chi connectivity index (χ0n) is 9.90. The predicted molar refractivity (Wildman–Crippen MR) is 65.0 cm³/mol. The van der Waals surface area contributed by atoms with Crippen LogP contribution in [0.4, 0.5) is 0 Å². The number of piperidine rings is 1. The topological polar surface area (TPSA) is 46.3 Å². The van der Waals surface area contributed by atoms with Gasteiger partial charge in [0.25, 0.3) is 0 Å². The Morgan fingerprint density at radius 2 is 2.07 bits per heavy atom. The third-order valence-electron chi connectivity index (χ3n) is 2.97. The van der Waals surface area contributed by atoms with Gasteiger partial charge in [-0.25, -0.2) is 0 Å². The summed E-state index contributed by atoms with van der Waals surface area (Å²) in [5, 5.41) is 0. The monoisotopic (exact) mass is 234 g/mol. The zero-order chi connectivity index (χ0) is 10.7. The summed E-state index contributed by atoms with van der Waals surface area (Å²) in [5.74, 6) is 0.998. The Balaban J connectivity index is 0.00000196. The molecule has 1 saturated heterocycles. The summed E-state index contributed by atoms with van der Waals surface area (Å²) < 4.78 is 0. The fourth-order valence-electron chi connectivity index (χ4n) is 1.89. The van der Waals surface area contributed by atoms with E-state index in [1.807, 2.05) is 18.7 Å². The van der Waals surface area contributed by atoms with Gasteiger partial charge < -0.3 is 10.6 Å². The molecule has 1 rings (SSSR count). The SMILES string of the molecule is CC1CCCN(C(=O)C(N)C(C)C)C1.Cl. The van der Waals surface area contributed by atoms with Crippen LogP contribution in [0.2, 0.25) is 0 Å². The van der Waals surface area contributed by atoms with Crippen molar-refractivity contribution >= 4 is 18.3 Å². The van der Waals surface area contributed by atoms with E-state index in [1.54, 1.807) is 0 Å². The summed E-state index contributed by atoms with van der Waals surface area (Å²) in [5.41, 5.74) is 5.85. The van der Waals surface area contributed by atoms with E-state index >= 15 is 0 Å². The summed E-state index contributed by atoms with van der Waals surface area (Å²) in [6.07, 6.45) is 2.36. The number of carbonyl (C=O) groups excluding carboxylic acids is 1. The second kappa shape index (κ2) is 6.33. The lowest BCUT2D eigenvalue weighted by atomic mass is 9.97. The summed E-state index contributed by atoms with van der Waals surface area (Å²) >= 11 is 0. The molecule has 2 N–H and O–H groups in total. The average Bonchev–Trinajstić information content (AvgIpc) is 2.15. The van der Waals surface area contributed by atoms with Gasteiger partial charge >= 0.3 is 0 Å². The average molecular weight is 235 g/mol. The van der Waals surface area contributed by atoms with Crippen LogP contribution >= 0.6 is 12.4 Å². The fourth-order valence-corrected chi connectivity index (χ4v) is 1.89. The van der Waals surface area contributed by atoms with E-state index in [1.165, 1.54) is 6.42 Å². The summed E-state index contributed by atoms with van der Waals surface area (Å²) in [6, 6.07) is -0.319. The molecule has 2 atom stereocenters. The van der Waals surface area contributed by atoms with Gasteiger partial charge in [-0.05, 0) is 24.7 Å².